The van der Waals surface area contributed by atoms with Crippen LogP contribution in [0.2, 0.25) is 0 Å². The van der Waals surface area contributed by atoms with Crippen LogP contribution in [0.25, 0.3) is 16.8 Å². The summed E-state index contributed by atoms with van der Waals surface area (Å²) >= 11 is 0. The van der Waals surface area contributed by atoms with Gasteiger partial charge in [-0.15, -0.1) is 0 Å². The van der Waals surface area contributed by atoms with E-state index in [4.69, 9.17) is 0 Å². The third-order valence-corrected chi connectivity index (χ3v) is 3.37. The summed E-state index contributed by atoms with van der Waals surface area (Å²) < 4.78 is 1.86. The molecule has 0 aliphatic carbocycles. The van der Waals surface area contributed by atoms with Crippen LogP contribution in [0, 0.1) is 0 Å². The van der Waals surface area contributed by atoms with Gasteiger partial charge in [0.15, 0.2) is 5.43 Å². The summed E-state index contributed by atoms with van der Waals surface area (Å²) in [5.74, 6) is -0.158. The Labute approximate surface area is 121 Å². The summed E-state index contributed by atoms with van der Waals surface area (Å²) in [6.07, 6.45) is 1.75. The van der Waals surface area contributed by atoms with E-state index in [1.807, 2.05) is 34.7 Å². The molecule has 3 rings (SSSR count). The molecule has 0 fully saturated rings. The smallest absolute Gasteiger partial charge is 0.252 e. The molecule has 0 aliphatic heterocycles. The highest BCUT2D eigenvalue weighted by molar-refractivity contribution is 5.94. The van der Waals surface area contributed by atoms with Gasteiger partial charge in [-0.2, -0.15) is 0 Å². The van der Waals surface area contributed by atoms with E-state index in [-0.39, 0.29) is 11.3 Å². The van der Waals surface area contributed by atoms with Crippen LogP contribution in [0.1, 0.15) is 10.4 Å². The number of benzene rings is 1. The first kappa shape index (κ1) is 13.1. The molecule has 0 radical (unpaired) electrons. The van der Waals surface area contributed by atoms with Crippen LogP contribution in [0.4, 0.5) is 0 Å². The van der Waals surface area contributed by atoms with Crippen LogP contribution in [-0.2, 0) is 0 Å². The molecule has 0 saturated heterocycles. The first-order valence-corrected chi connectivity index (χ1v) is 6.63. The van der Waals surface area contributed by atoms with Crippen LogP contribution in [0.3, 0.4) is 0 Å². The molecule has 2 aromatic heterocycles. The fourth-order valence-corrected chi connectivity index (χ4v) is 2.34. The third-order valence-electron chi connectivity index (χ3n) is 3.37. The number of nitrogens with one attached hydrogen (secondary N) is 1. The summed E-state index contributed by atoms with van der Waals surface area (Å²) in [6.45, 7) is 0. The van der Waals surface area contributed by atoms with Gasteiger partial charge in [0.05, 0.1) is 11.3 Å². The molecule has 0 saturated carbocycles. The molecule has 4 nitrogen and oxygen atoms in total. The molecule has 2 heterocycles. The van der Waals surface area contributed by atoms with Gasteiger partial charge in [-0.3, -0.25) is 9.59 Å². The number of carbonyl (C=O) groups is 1. The molecular formula is C17H14N2O2. The number of carbonyl (C=O) groups excluding carboxylic acids is 1. The van der Waals surface area contributed by atoms with Gasteiger partial charge < -0.3 is 9.72 Å². The Balaban J connectivity index is 2.32. The molecule has 3 aromatic rings. The quantitative estimate of drug-likeness (QED) is 0.782. The Morgan fingerprint density at radius 1 is 1.05 bits per heavy atom. The lowest BCUT2D eigenvalue weighted by Gasteiger charge is -2.11. The first-order valence-electron chi connectivity index (χ1n) is 6.63. The minimum atomic E-state index is -0.158. The van der Waals surface area contributed by atoms with Gasteiger partial charge in [0, 0.05) is 30.9 Å². The van der Waals surface area contributed by atoms with Crippen molar-refractivity contribution < 1.29 is 4.79 Å². The fourth-order valence-electron chi connectivity index (χ4n) is 2.34. The predicted molar refractivity (Wildman–Crippen MR) is 82.5 cm³/mol. The van der Waals surface area contributed by atoms with Crippen molar-refractivity contribution in [1.29, 1.82) is 0 Å². The maximum Gasteiger partial charge on any atom is 0.252 e. The Bertz CT molecular complexity index is 867. The summed E-state index contributed by atoms with van der Waals surface area (Å²) in [5.41, 5.74) is 2.95. The van der Waals surface area contributed by atoms with E-state index < -0.39 is 0 Å². The molecule has 104 valence electrons. The zero-order valence-electron chi connectivity index (χ0n) is 11.5. The molecule has 0 atom stereocenters. The van der Waals surface area contributed by atoms with E-state index in [9.17, 15) is 9.59 Å². The van der Waals surface area contributed by atoms with Crippen molar-refractivity contribution in [2.75, 3.05) is 7.05 Å². The molecule has 1 aromatic carbocycles. The lowest BCUT2D eigenvalue weighted by molar-refractivity contribution is 0.0962. The maximum atomic E-state index is 11.9. The second kappa shape index (κ2) is 5.25. The monoisotopic (exact) mass is 278 g/mol. The normalized spacial score (nSPS) is 10.5. The number of pyridine rings is 2. The lowest BCUT2D eigenvalue weighted by Crippen LogP contribution is -2.18. The summed E-state index contributed by atoms with van der Waals surface area (Å²) in [4.78, 5) is 23.6. The third kappa shape index (κ3) is 2.43. The molecule has 0 bridgehead atoms. The van der Waals surface area contributed by atoms with Gasteiger partial charge in [0.25, 0.3) is 5.91 Å². The van der Waals surface area contributed by atoms with E-state index in [1.165, 1.54) is 0 Å². The topological polar surface area (TPSA) is 50.6 Å². The summed E-state index contributed by atoms with van der Waals surface area (Å²) in [5, 5.41) is 2.60. The van der Waals surface area contributed by atoms with Gasteiger partial charge in [-0.1, -0.05) is 30.3 Å². The number of fused-ring (bicyclic) bond motifs is 1. The Hall–Kier alpha value is -2.88. The molecule has 0 spiro atoms. The highest BCUT2D eigenvalue weighted by Crippen LogP contribution is 2.19. The lowest BCUT2D eigenvalue weighted by atomic mass is 10.1. The summed E-state index contributed by atoms with van der Waals surface area (Å²) in [6, 6.07) is 16.3. The van der Waals surface area contributed by atoms with Crippen LogP contribution in [0.15, 0.2) is 65.6 Å². The largest absolute Gasteiger partial charge is 0.355 e. The molecule has 0 unspecified atom stereocenters. The van der Waals surface area contributed by atoms with Crippen LogP contribution >= 0.6 is 0 Å². The first-order chi connectivity index (χ1) is 10.2. The van der Waals surface area contributed by atoms with Gasteiger partial charge in [0.2, 0.25) is 0 Å². The zero-order valence-corrected chi connectivity index (χ0v) is 11.5. The molecular weight excluding hydrogens is 264 g/mol. The minimum absolute atomic E-state index is 0.0541. The number of nitrogens with zero attached hydrogens (tertiary/aromatic N) is 1. The van der Waals surface area contributed by atoms with Gasteiger partial charge >= 0.3 is 0 Å². The van der Waals surface area contributed by atoms with Crippen LogP contribution in [-0.4, -0.2) is 17.4 Å². The van der Waals surface area contributed by atoms with Crippen molar-refractivity contribution in [2.45, 2.75) is 0 Å². The van der Waals surface area contributed by atoms with E-state index >= 15 is 0 Å². The van der Waals surface area contributed by atoms with Crippen molar-refractivity contribution in [2.24, 2.45) is 0 Å². The number of aromatic nitrogens is 1. The number of rotatable bonds is 2. The number of hydrogen-bond acceptors (Lipinski definition) is 2. The highest BCUT2D eigenvalue weighted by Gasteiger charge is 2.08. The SMILES string of the molecule is CNC(=O)c1ccc2cc(=O)cc(-c3ccccc3)n2c1. The maximum absolute atomic E-state index is 11.9. The second-order valence-electron chi connectivity index (χ2n) is 4.73. The Kier molecular flexibility index (Phi) is 3.28. The molecule has 1 N–H and O–H groups in total. The molecule has 4 heteroatoms. The average Bonchev–Trinajstić information content (AvgIpc) is 2.53. The van der Waals surface area contributed by atoms with E-state index in [0.717, 1.165) is 16.8 Å². The van der Waals surface area contributed by atoms with Crippen molar-refractivity contribution in [3.63, 3.8) is 0 Å². The molecule has 1 amide bonds. The van der Waals surface area contributed by atoms with Crippen molar-refractivity contribution in [3.05, 3.63) is 76.6 Å². The van der Waals surface area contributed by atoms with Gasteiger partial charge in [-0.05, 0) is 17.7 Å². The second-order valence-corrected chi connectivity index (χ2v) is 4.73. The van der Waals surface area contributed by atoms with Crippen molar-refractivity contribution in [1.82, 2.24) is 9.72 Å². The predicted octanol–water partition coefficient (Wildman–Crippen LogP) is 2.33. The van der Waals surface area contributed by atoms with Gasteiger partial charge in [0.1, 0.15) is 0 Å². The van der Waals surface area contributed by atoms with Crippen molar-refractivity contribution >= 4 is 11.4 Å². The zero-order chi connectivity index (χ0) is 14.8. The average molecular weight is 278 g/mol. The van der Waals surface area contributed by atoms with E-state index in [1.54, 1.807) is 37.5 Å². The number of hydrogen-bond donors (Lipinski definition) is 1. The highest BCUT2D eigenvalue weighted by atomic mass is 16.1. The van der Waals surface area contributed by atoms with Crippen molar-refractivity contribution in [3.8, 4) is 11.3 Å². The van der Waals surface area contributed by atoms with E-state index in [0.29, 0.717) is 5.56 Å². The minimum Gasteiger partial charge on any atom is -0.355 e. The fraction of sp³-hybridized carbons (Fsp3) is 0.0588. The Morgan fingerprint density at radius 3 is 2.52 bits per heavy atom. The molecule has 21 heavy (non-hydrogen) atoms. The van der Waals surface area contributed by atoms with E-state index in [2.05, 4.69) is 5.32 Å². The standard InChI is InChI=1S/C17H14N2O2/c1-18-17(21)13-7-8-14-9-15(20)10-16(19(14)11-13)12-5-3-2-4-6-12/h2-11H,1H3,(H,18,21). The number of amides is 1. The van der Waals surface area contributed by atoms with Crippen LogP contribution < -0.4 is 10.7 Å². The van der Waals surface area contributed by atoms with Crippen LogP contribution in [0.5, 0.6) is 0 Å². The Morgan fingerprint density at radius 2 is 1.81 bits per heavy atom. The van der Waals surface area contributed by atoms with Gasteiger partial charge in [-0.25, -0.2) is 0 Å². The molecule has 0 aliphatic rings. The summed E-state index contributed by atoms with van der Waals surface area (Å²) in [7, 11) is 1.59.